The number of hydrogen-bond donors (Lipinski definition) is 1. The Balaban J connectivity index is 1.96. The maximum Gasteiger partial charge on any atom is 0.243 e. The molecule has 0 spiro atoms. The largest absolute Gasteiger partial charge is 0.350 e. The fourth-order valence-corrected chi connectivity index (χ4v) is 6.23. The van der Waals surface area contributed by atoms with Crippen LogP contribution in [0.3, 0.4) is 0 Å². The predicted octanol–water partition coefficient (Wildman–Crippen LogP) is 6.40. The molecule has 0 heterocycles. The molecule has 0 unspecified atom stereocenters. The Bertz CT molecular complexity index is 1470. The maximum atomic E-state index is 14.0. The van der Waals surface area contributed by atoms with Crippen LogP contribution in [0.15, 0.2) is 72.8 Å². The minimum absolute atomic E-state index is 0.00800. The molecule has 0 aliphatic heterocycles. The van der Waals surface area contributed by atoms with Gasteiger partial charge >= 0.3 is 0 Å². The van der Waals surface area contributed by atoms with Crippen LogP contribution >= 0.6 is 23.2 Å². The molecule has 0 saturated heterocycles. The van der Waals surface area contributed by atoms with Crippen molar-refractivity contribution in [3.8, 4) is 0 Å². The van der Waals surface area contributed by atoms with Crippen LogP contribution in [-0.4, -0.2) is 49.5 Å². The first-order chi connectivity index (χ1) is 19.7. The summed E-state index contributed by atoms with van der Waals surface area (Å²) >= 11 is 13.0. The number of carbonyl (C=O) groups excluding carboxylic acids is 2. The molecule has 0 saturated carbocycles. The van der Waals surface area contributed by atoms with Gasteiger partial charge in [0.25, 0.3) is 0 Å². The molecule has 0 radical (unpaired) electrons. The summed E-state index contributed by atoms with van der Waals surface area (Å²) in [6, 6.07) is 20.9. The molecule has 1 N–H and O–H groups in total. The lowest BCUT2D eigenvalue weighted by atomic mass is 10.00. The number of carbonyl (C=O) groups is 2. The number of benzene rings is 3. The van der Waals surface area contributed by atoms with E-state index in [1.165, 1.54) is 9.21 Å². The van der Waals surface area contributed by atoms with Crippen LogP contribution in [0.2, 0.25) is 10.0 Å². The zero-order valence-electron chi connectivity index (χ0n) is 24.7. The van der Waals surface area contributed by atoms with Gasteiger partial charge < -0.3 is 10.2 Å². The lowest BCUT2D eigenvalue weighted by molar-refractivity contribution is -0.142. The lowest BCUT2D eigenvalue weighted by Crippen LogP contribution is -2.54. The zero-order chi connectivity index (χ0) is 31.1. The molecule has 42 heavy (non-hydrogen) atoms. The van der Waals surface area contributed by atoms with Gasteiger partial charge in [0.05, 0.1) is 11.9 Å². The Morgan fingerprint density at radius 1 is 0.905 bits per heavy atom. The van der Waals surface area contributed by atoms with E-state index in [1.807, 2.05) is 70.2 Å². The van der Waals surface area contributed by atoms with Crippen LogP contribution in [0, 0.1) is 6.92 Å². The lowest BCUT2D eigenvalue weighted by Gasteiger charge is -2.34. The zero-order valence-corrected chi connectivity index (χ0v) is 27.1. The van der Waals surface area contributed by atoms with Crippen LogP contribution in [-0.2, 0) is 32.6 Å². The molecule has 2 amide bonds. The summed E-state index contributed by atoms with van der Waals surface area (Å²) in [5.41, 5.74) is 2.27. The third-order valence-electron chi connectivity index (χ3n) is 6.70. The van der Waals surface area contributed by atoms with Crippen molar-refractivity contribution < 1.29 is 18.0 Å². The van der Waals surface area contributed by atoms with E-state index in [4.69, 9.17) is 23.2 Å². The standard InChI is InChI=1S/C32H39Cl2N3O4S/c1-23-13-9-10-18-28(23)37(42(5,40)41)20-12-19-30(38)36(22-25-26(33)16-11-17-27(25)34)29(31(39)35-32(2,3)4)21-24-14-7-6-8-15-24/h6-11,13-18,29H,12,19-22H2,1-5H3,(H,35,39)/t29-/m0/s1. The number of rotatable bonds is 12. The van der Waals surface area contributed by atoms with E-state index in [-0.39, 0.29) is 44.2 Å². The highest BCUT2D eigenvalue weighted by Crippen LogP contribution is 2.28. The molecule has 7 nitrogen and oxygen atoms in total. The Labute approximate surface area is 259 Å². The molecule has 0 fully saturated rings. The van der Waals surface area contributed by atoms with Gasteiger partial charge in [0.1, 0.15) is 6.04 Å². The highest BCUT2D eigenvalue weighted by Gasteiger charge is 2.33. The number of hydrogen-bond acceptors (Lipinski definition) is 4. The van der Waals surface area contributed by atoms with Crippen molar-refractivity contribution >= 4 is 50.7 Å². The highest BCUT2D eigenvalue weighted by molar-refractivity contribution is 7.92. The minimum Gasteiger partial charge on any atom is -0.350 e. The van der Waals surface area contributed by atoms with Gasteiger partial charge in [-0.05, 0) is 63.4 Å². The third-order valence-corrected chi connectivity index (χ3v) is 8.58. The summed E-state index contributed by atoms with van der Waals surface area (Å²) in [5, 5.41) is 3.80. The van der Waals surface area contributed by atoms with E-state index < -0.39 is 21.6 Å². The Morgan fingerprint density at radius 2 is 1.50 bits per heavy atom. The number of nitrogens with zero attached hydrogens (tertiary/aromatic N) is 2. The first-order valence-corrected chi connectivity index (χ1v) is 16.4. The summed E-state index contributed by atoms with van der Waals surface area (Å²) < 4.78 is 26.7. The summed E-state index contributed by atoms with van der Waals surface area (Å²) in [4.78, 5) is 29.3. The van der Waals surface area contributed by atoms with Crippen molar-refractivity contribution in [1.82, 2.24) is 10.2 Å². The van der Waals surface area contributed by atoms with Crippen molar-refractivity contribution in [1.29, 1.82) is 0 Å². The van der Waals surface area contributed by atoms with E-state index in [0.717, 1.165) is 17.4 Å². The number of amides is 2. The number of halogens is 2. The average molecular weight is 633 g/mol. The van der Waals surface area contributed by atoms with Crippen molar-refractivity contribution in [2.24, 2.45) is 0 Å². The van der Waals surface area contributed by atoms with Crippen LogP contribution in [0.5, 0.6) is 0 Å². The smallest absolute Gasteiger partial charge is 0.243 e. The van der Waals surface area contributed by atoms with Gasteiger partial charge in [-0.3, -0.25) is 13.9 Å². The second-order valence-electron chi connectivity index (χ2n) is 11.4. The Morgan fingerprint density at radius 3 is 2.07 bits per heavy atom. The summed E-state index contributed by atoms with van der Waals surface area (Å²) in [5.74, 6) is -0.616. The second kappa shape index (κ2) is 14.4. The first-order valence-electron chi connectivity index (χ1n) is 13.8. The maximum absolute atomic E-state index is 14.0. The van der Waals surface area contributed by atoms with E-state index >= 15 is 0 Å². The topological polar surface area (TPSA) is 86.8 Å². The molecule has 3 aromatic carbocycles. The van der Waals surface area contributed by atoms with Gasteiger partial charge in [-0.15, -0.1) is 0 Å². The van der Waals surface area contributed by atoms with Gasteiger partial charge in [-0.1, -0.05) is 77.8 Å². The fraction of sp³-hybridized carbons (Fsp3) is 0.375. The normalized spacial score (nSPS) is 12.5. The van der Waals surface area contributed by atoms with E-state index in [1.54, 1.807) is 30.3 Å². The molecular formula is C32H39Cl2N3O4S. The van der Waals surface area contributed by atoms with Crippen LogP contribution < -0.4 is 9.62 Å². The average Bonchev–Trinajstić information content (AvgIpc) is 2.89. The highest BCUT2D eigenvalue weighted by atomic mass is 35.5. The first kappa shape index (κ1) is 33.4. The molecule has 3 aromatic rings. The number of anilines is 1. The minimum atomic E-state index is -3.60. The SMILES string of the molecule is Cc1ccccc1N(CCCC(=O)N(Cc1c(Cl)cccc1Cl)[C@@H](Cc1ccccc1)C(=O)NC(C)(C)C)S(C)(=O)=O. The summed E-state index contributed by atoms with van der Waals surface area (Å²) in [6.07, 6.45) is 1.68. The molecule has 0 bridgehead atoms. The van der Waals surface area contributed by atoms with Gasteiger partial charge in [-0.2, -0.15) is 0 Å². The quantitative estimate of drug-likeness (QED) is 0.250. The third kappa shape index (κ3) is 9.48. The number of para-hydroxylation sites is 1. The van der Waals surface area contributed by atoms with E-state index in [9.17, 15) is 18.0 Å². The molecule has 226 valence electrons. The fourth-order valence-electron chi connectivity index (χ4n) is 4.69. The molecular weight excluding hydrogens is 593 g/mol. The second-order valence-corrected chi connectivity index (χ2v) is 14.1. The van der Waals surface area contributed by atoms with Gasteiger partial charge in [-0.25, -0.2) is 8.42 Å². The summed E-state index contributed by atoms with van der Waals surface area (Å²) in [6.45, 7) is 7.61. The van der Waals surface area contributed by atoms with Crippen molar-refractivity contribution in [3.05, 3.63) is 99.5 Å². The van der Waals surface area contributed by atoms with Crippen molar-refractivity contribution in [2.75, 3.05) is 17.1 Å². The van der Waals surface area contributed by atoms with Crippen molar-refractivity contribution in [2.45, 2.75) is 65.1 Å². The van der Waals surface area contributed by atoms with Crippen LogP contribution in [0.4, 0.5) is 5.69 Å². The molecule has 3 rings (SSSR count). The van der Waals surface area contributed by atoms with Gasteiger partial charge in [0, 0.05) is 47.1 Å². The predicted molar refractivity (Wildman–Crippen MR) is 171 cm³/mol. The van der Waals surface area contributed by atoms with Crippen molar-refractivity contribution in [3.63, 3.8) is 0 Å². The number of aryl methyl sites for hydroxylation is 1. The monoisotopic (exact) mass is 631 g/mol. The number of sulfonamides is 1. The molecule has 0 aliphatic carbocycles. The van der Waals surface area contributed by atoms with Crippen LogP contribution in [0.25, 0.3) is 0 Å². The van der Waals surface area contributed by atoms with E-state index in [2.05, 4.69) is 5.32 Å². The summed E-state index contributed by atoms with van der Waals surface area (Å²) in [7, 11) is -3.60. The van der Waals surface area contributed by atoms with E-state index in [0.29, 0.717) is 21.3 Å². The van der Waals surface area contributed by atoms with Crippen LogP contribution in [0.1, 0.15) is 50.3 Å². The number of nitrogens with one attached hydrogen (secondary N) is 1. The van der Waals surface area contributed by atoms with Gasteiger partial charge in [0.2, 0.25) is 21.8 Å². The Hall–Kier alpha value is -3.07. The molecule has 0 aliphatic rings. The molecule has 10 heteroatoms. The Kier molecular flexibility index (Phi) is 11.5. The molecule has 1 atom stereocenters. The molecule has 0 aromatic heterocycles. The van der Waals surface area contributed by atoms with Gasteiger partial charge in [0.15, 0.2) is 0 Å².